The van der Waals surface area contributed by atoms with Crippen molar-refractivity contribution in [3.05, 3.63) is 35.9 Å². The Hall–Kier alpha value is -2.08. The number of benzene rings is 1. The standard InChI is InChI=1S/C14H17N3O3/c18-10-7-12-16-14(20)15-11(13(19)17(12)8-10)6-9-4-2-1-3-5-9/h1-5,10-12,18H,6-8H2,(H2,15,16,20)/t10-,11+,12+/m1/s1. The molecule has 3 atom stereocenters. The van der Waals surface area contributed by atoms with Crippen LogP contribution < -0.4 is 10.6 Å². The van der Waals surface area contributed by atoms with E-state index in [1.807, 2.05) is 30.3 Å². The Morgan fingerprint density at radius 1 is 1.20 bits per heavy atom. The molecule has 6 nitrogen and oxygen atoms in total. The van der Waals surface area contributed by atoms with Gasteiger partial charge in [0.25, 0.3) is 0 Å². The summed E-state index contributed by atoms with van der Waals surface area (Å²) in [5.41, 5.74) is 0.990. The molecular formula is C14H17N3O3. The average Bonchev–Trinajstić information content (AvgIpc) is 2.74. The summed E-state index contributed by atoms with van der Waals surface area (Å²) < 4.78 is 0. The lowest BCUT2D eigenvalue weighted by Gasteiger charge is -2.23. The molecule has 0 saturated carbocycles. The Kier molecular flexibility index (Phi) is 3.31. The van der Waals surface area contributed by atoms with Gasteiger partial charge in [0, 0.05) is 19.4 Å². The molecule has 1 aromatic rings. The predicted molar refractivity (Wildman–Crippen MR) is 71.7 cm³/mol. The van der Waals surface area contributed by atoms with Crippen LogP contribution in [0.4, 0.5) is 4.79 Å². The summed E-state index contributed by atoms with van der Waals surface area (Å²) in [5.74, 6) is -0.145. The van der Waals surface area contributed by atoms with Gasteiger partial charge in [-0.2, -0.15) is 0 Å². The monoisotopic (exact) mass is 275 g/mol. The Morgan fingerprint density at radius 3 is 2.70 bits per heavy atom. The molecule has 2 heterocycles. The van der Waals surface area contributed by atoms with Crippen LogP contribution in [-0.2, 0) is 11.2 Å². The zero-order valence-electron chi connectivity index (χ0n) is 11.0. The van der Waals surface area contributed by atoms with Crippen molar-refractivity contribution in [2.24, 2.45) is 0 Å². The van der Waals surface area contributed by atoms with Crippen molar-refractivity contribution in [1.82, 2.24) is 15.5 Å². The van der Waals surface area contributed by atoms with E-state index in [4.69, 9.17) is 0 Å². The van der Waals surface area contributed by atoms with Crippen LogP contribution in [0.25, 0.3) is 0 Å². The summed E-state index contributed by atoms with van der Waals surface area (Å²) in [6, 6.07) is 8.61. The van der Waals surface area contributed by atoms with Crippen molar-refractivity contribution >= 4 is 11.9 Å². The molecule has 1 aromatic carbocycles. The quantitative estimate of drug-likeness (QED) is 0.701. The number of carbonyl (C=O) groups excluding carboxylic acids is 2. The summed E-state index contributed by atoms with van der Waals surface area (Å²) in [6.45, 7) is 0.275. The van der Waals surface area contributed by atoms with Crippen LogP contribution in [0.3, 0.4) is 0 Å². The lowest BCUT2D eigenvalue weighted by molar-refractivity contribution is -0.133. The Morgan fingerprint density at radius 2 is 1.95 bits per heavy atom. The maximum absolute atomic E-state index is 12.5. The molecule has 2 saturated heterocycles. The zero-order valence-corrected chi connectivity index (χ0v) is 11.0. The molecule has 2 aliphatic heterocycles. The molecule has 3 rings (SSSR count). The topological polar surface area (TPSA) is 81.7 Å². The zero-order chi connectivity index (χ0) is 14.1. The minimum atomic E-state index is -0.590. The highest BCUT2D eigenvalue weighted by Crippen LogP contribution is 2.20. The van der Waals surface area contributed by atoms with E-state index in [2.05, 4.69) is 10.6 Å². The van der Waals surface area contributed by atoms with Crippen molar-refractivity contribution in [2.45, 2.75) is 31.2 Å². The third kappa shape index (κ3) is 2.46. The second kappa shape index (κ2) is 5.13. The molecule has 0 spiro atoms. The fourth-order valence-corrected chi connectivity index (χ4v) is 2.80. The Labute approximate surface area is 116 Å². The largest absolute Gasteiger partial charge is 0.391 e. The SMILES string of the molecule is O=C1N[C@@H](Cc2ccccc2)C(=O)N2C[C@H](O)C[C@H]2N1. The van der Waals surface area contributed by atoms with Gasteiger partial charge in [0.05, 0.1) is 6.10 Å². The number of hydrogen-bond donors (Lipinski definition) is 3. The highest BCUT2D eigenvalue weighted by molar-refractivity contribution is 5.90. The molecule has 2 aliphatic rings. The number of nitrogens with zero attached hydrogens (tertiary/aromatic N) is 1. The molecule has 0 bridgehead atoms. The number of amides is 3. The van der Waals surface area contributed by atoms with Crippen LogP contribution >= 0.6 is 0 Å². The third-order valence-electron chi connectivity index (χ3n) is 3.75. The van der Waals surface area contributed by atoms with Gasteiger partial charge in [0.2, 0.25) is 5.91 Å². The second-order valence-corrected chi connectivity index (χ2v) is 5.26. The van der Waals surface area contributed by atoms with Crippen molar-refractivity contribution in [3.8, 4) is 0 Å². The van der Waals surface area contributed by atoms with E-state index in [9.17, 15) is 14.7 Å². The van der Waals surface area contributed by atoms with E-state index in [1.54, 1.807) is 4.90 Å². The molecule has 0 radical (unpaired) electrons. The average molecular weight is 275 g/mol. The maximum Gasteiger partial charge on any atom is 0.317 e. The lowest BCUT2D eigenvalue weighted by Crippen LogP contribution is -2.46. The van der Waals surface area contributed by atoms with Crippen LogP contribution in [0.15, 0.2) is 30.3 Å². The maximum atomic E-state index is 12.5. The van der Waals surface area contributed by atoms with Gasteiger partial charge in [0.1, 0.15) is 12.2 Å². The van der Waals surface area contributed by atoms with Gasteiger partial charge in [-0.15, -0.1) is 0 Å². The summed E-state index contributed by atoms with van der Waals surface area (Å²) >= 11 is 0. The highest BCUT2D eigenvalue weighted by atomic mass is 16.3. The second-order valence-electron chi connectivity index (χ2n) is 5.26. The van der Waals surface area contributed by atoms with E-state index < -0.39 is 18.3 Å². The van der Waals surface area contributed by atoms with Crippen molar-refractivity contribution in [3.63, 3.8) is 0 Å². The summed E-state index contributed by atoms with van der Waals surface area (Å²) in [7, 11) is 0. The molecule has 3 N–H and O–H groups in total. The van der Waals surface area contributed by atoms with Crippen LogP contribution in [0, 0.1) is 0 Å². The summed E-state index contributed by atoms with van der Waals surface area (Å²) in [4.78, 5) is 25.8. The molecule has 0 unspecified atom stereocenters. The van der Waals surface area contributed by atoms with Gasteiger partial charge in [-0.25, -0.2) is 4.79 Å². The number of urea groups is 1. The molecular weight excluding hydrogens is 258 g/mol. The number of hydrogen-bond acceptors (Lipinski definition) is 3. The molecule has 20 heavy (non-hydrogen) atoms. The van der Waals surface area contributed by atoms with Gasteiger partial charge in [-0.1, -0.05) is 30.3 Å². The van der Waals surface area contributed by atoms with Gasteiger partial charge in [0.15, 0.2) is 0 Å². The number of fused-ring (bicyclic) bond motifs is 1. The predicted octanol–water partition coefficient (Wildman–Crippen LogP) is -0.170. The smallest absolute Gasteiger partial charge is 0.317 e. The van der Waals surface area contributed by atoms with E-state index in [1.165, 1.54) is 0 Å². The van der Waals surface area contributed by atoms with Gasteiger partial charge in [-0.3, -0.25) is 4.79 Å². The fraction of sp³-hybridized carbons (Fsp3) is 0.429. The van der Waals surface area contributed by atoms with Crippen molar-refractivity contribution in [2.75, 3.05) is 6.54 Å². The first-order chi connectivity index (χ1) is 9.63. The molecule has 0 aliphatic carbocycles. The van der Waals surface area contributed by atoms with Crippen LogP contribution in [0.5, 0.6) is 0 Å². The van der Waals surface area contributed by atoms with Crippen LogP contribution in [0.2, 0.25) is 0 Å². The Balaban J connectivity index is 1.80. The molecule has 0 aromatic heterocycles. The third-order valence-corrected chi connectivity index (χ3v) is 3.75. The summed E-state index contributed by atoms with van der Waals surface area (Å²) in [5, 5.41) is 15.1. The first-order valence-electron chi connectivity index (χ1n) is 6.73. The number of carbonyl (C=O) groups is 2. The van der Waals surface area contributed by atoms with Crippen molar-refractivity contribution < 1.29 is 14.7 Å². The number of rotatable bonds is 2. The fourth-order valence-electron chi connectivity index (χ4n) is 2.80. The lowest BCUT2D eigenvalue weighted by atomic mass is 10.1. The van der Waals surface area contributed by atoms with E-state index in [0.717, 1.165) is 5.56 Å². The minimum Gasteiger partial charge on any atom is -0.391 e. The highest BCUT2D eigenvalue weighted by Gasteiger charge is 2.41. The normalized spacial score (nSPS) is 29.4. The Bertz CT molecular complexity index is 520. The molecule has 2 fully saturated rings. The van der Waals surface area contributed by atoms with Crippen molar-refractivity contribution in [1.29, 1.82) is 0 Å². The van der Waals surface area contributed by atoms with Gasteiger partial charge in [-0.05, 0) is 5.56 Å². The minimum absolute atomic E-state index is 0.145. The molecule has 3 amide bonds. The number of aliphatic hydroxyl groups is 1. The van der Waals surface area contributed by atoms with E-state index in [-0.39, 0.29) is 18.5 Å². The first kappa shape index (κ1) is 12.9. The van der Waals surface area contributed by atoms with Gasteiger partial charge >= 0.3 is 6.03 Å². The van der Waals surface area contributed by atoms with Gasteiger partial charge < -0.3 is 20.6 Å². The van der Waals surface area contributed by atoms with E-state index >= 15 is 0 Å². The first-order valence-corrected chi connectivity index (χ1v) is 6.73. The molecule has 6 heteroatoms. The van der Waals surface area contributed by atoms with E-state index in [0.29, 0.717) is 12.8 Å². The van der Waals surface area contributed by atoms with Crippen LogP contribution in [-0.4, -0.2) is 46.8 Å². The number of nitrogens with one attached hydrogen (secondary N) is 2. The molecule has 106 valence electrons. The summed E-state index contributed by atoms with van der Waals surface area (Å²) in [6.07, 6.45) is -0.137. The van der Waals surface area contributed by atoms with Crippen LogP contribution in [0.1, 0.15) is 12.0 Å². The number of aliphatic hydroxyl groups excluding tert-OH is 1.